The largest absolute Gasteiger partial charge is 0.314 e. The predicted octanol–water partition coefficient (Wildman–Crippen LogP) is 2.75. The SMILES string of the molecule is Cc1cc(CNCCCNC(C)C)c(F)cc1F. The highest BCUT2D eigenvalue weighted by Crippen LogP contribution is 2.13. The minimum atomic E-state index is -0.489. The lowest BCUT2D eigenvalue weighted by molar-refractivity contribution is 0.533. The number of rotatable bonds is 7. The van der Waals surface area contributed by atoms with Gasteiger partial charge in [0.15, 0.2) is 0 Å². The highest BCUT2D eigenvalue weighted by Gasteiger charge is 2.06. The number of nitrogens with one attached hydrogen (secondary N) is 2. The summed E-state index contributed by atoms with van der Waals surface area (Å²) in [5.41, 5.74) is 1.00. The molecule has 0 spiro atoms. The fraction of sp³-hybridized carbons (Fsp3) is 0.571. The number of aryl methyl sites for hydroxylation is 1. The van der Waals surface area contributed by atoms with E-state index in [1.165, 1.54) is 0 Å². The quantitative estimate of drug-likeness (QED) is 0.733. The second kappa shape index (κ2) is 7.44. The van der Waals surface area contributed by atoms with Gasteiger partial charge >= 0.3 is 0 Å². The van der Waals surface area contributed by atoms with Crippen LogP contribution in [0.3, 0.4) is 0 Å². The van der Waals surface area contributed by atoms with Crippen LogP contribution in [-0.4, -0.2) is 19.1 Å². The van der Waals surface area contributed by atoms with Gasteiger partial charge in [0.2, 0.25) is 0 Å². The second-order valence-corrected chi connectivity index (χ2v) is 4.83. The van der Waals surface area contributed by atoms with Crippen molar-refractivity contribution in [2.45, 2.75) is 39.8 Å². The summed E-state index contributed by atoms with van der Waals surface area (Å²) < 4.78 is 26.5. The summed E-state index contributed by atoms with van der Waals surface area (Å²) in [4.78, 5) is 0. The summed E-state index contributed by atoms with van der Waals surface area (Å²) in [6, 6.07) is 3.00. The van der Waals surface area contributed by atoms with Crippen molar-refractivity contribution in [1.29, 1.82) is 0 Å². The normalized spacial score (nSPS) is 11.2. The van der Waals surface area contributed by atoms with E-state index in [1.54, 1.807) is 13.0 Å². The van der Waals surface area contributed by atoms with E-state index in [9.17, 15) is 8.78 Å². The third kappa shape index (κ3) is 5.10. The molecule has 0 fully saturated rings. The van der Waals surface area contributed by atoms with Gasteiger partial charge in [-0.15, -0.1) is 0 Å². The molecular weight excluding hydrogens is 234 g/mol. The van der Waals surface area contributed by atoms with E-state index in [-0.39, 0.29) is 0 Å². The Hall–Kier alpha value is -1.00. The smallest absolute Gasteiger partial charge is 0.130 e. The Labute approximate surface area is 108 Å². The van der Waals surface area contributed by atoms with Crippen LogP contribution >= 0.6 is 0 Å². The molecule has 2 nitrogen and oxygen atoms in total. The van der Waals surface area contributed by atoms with Crippen LogP contribution in [0.2, 0.25) is 0 Å². The molecule has 2 N–H and O–H groups in total. The summed E-state index contributed by atoms with van der Waals surface area (Å²) in [5, 5.41) is 6.47. The van der Waals surface area contributed by atoms with Gasteiger partial charge in [-0.25, -0.2) is 8.78 Å². The van der Waals surface area contributed by atoms with Crippen LogP contribution < -0.4 is 10.6 Å². The van der Waals surface area contributed by atoms with Gasteiger partial charge < -0.3 is 10.6 Å². The minimum absolute atomic E-state index is 0.439. The Bertz CT molecular complexity index is 378. The Kier molecular flexibility index (Phi) is 6.22. The first-order valence-corrected chi connectivity index (χ1v) is 6.39. The number of benzene rings is 1. The molecule has 0 atom stereocenters. The average molecular weight is 256 g/mol. The third-order valence-corrected chi connectivity index (χ3v) is 2.73. The lowest BCUT2D eigenvalue weighted by Gasteiger charge is -2.09. The molecule has 18 heavy (non-hydrogen) atoms. The van der Waals surface area contributed by atoms with Crippen molar-refractivity contribution in [3.05, 3.63) is 34.9 Å². The van der Waals surface area contributed by atoms with Crippen molar-refractivity contribution in [2.75, 3.05) is 13.1 Å². The van der Waals surface area contributed by atoms with Crippen LogP contribution in [0.5, 0.6) is 0 Å². The molecule has 102 valence electrons. The van der Waals surface area contributed by atoms with Crippen molar-refractivity contribution in [3.8, 4) is 0 Å². The minimum Gasteiger partial charge on any atom is -0.314 e. The lowest BCUT2D eigenvalue weighted by atomic mass is 10.1. The van der Waals surface area contributed by atoms with Crippen LogP contribution in [0.25, 0.3) is 0 Å². The molecule has 4 heteroatoms. The molecule has 0 saturated carbocycles. The first-order valence-electron chi connectivity index (χ1n) is 6.39. The zero-order chi connectivity index (χ0) is 13.5. The van der Waals surface area contributed by atoms with E-state index in [0.717, 1.165) is 25.6 Å². The molecule has 0 aliphatic rings. The zero-order valence-corrected chi connectivity index (χ0v) is 11.3. The van der Waals surface area contributed by atoms with Gasteiger partial charge in [0, 0.05) is 24.2 Å². The molecule has 0 aliphatic heterocycles. The molecule has 0 heterocycles. The summed E-state index contributed by atoms with van der Waals surface area (Å²) in [6.07, 6.45) is 0.986. The van der Waals surface area contributed by atoms with Crippen LogP contribution in [0, 0.1) is 18.6 Å². The third-order valence-electron chi connectivity index (χ3n) is 2.73. The highest BCUT2D eigenvalue weighted by molar-refractivity contribution is 5.25. The fourth-order valence-electron chi connectivity index (χ4n) is 1.68. The molecule has 1 rings (SSSR count). The van der Waals surface area contributed by atoms with E-state index in [2.05, 4.69) is 24.5 Å². The van der Waals surface area contributed by atoms with Crippen LogP contribution in [0.15, 0.2) is 12.1 Å². The number of halogens is 2. The summed E-state index contributed by atoms with van der Waals surface area (Å²) in [7, 11) is 0. The molecule has 0 aliphatic carbocycles. The summed E-state index contributed by atoms with van der Waals surface area (Å²) in [6.45, 7) is 8.04. The predicted molar refractivity (Wildman–Crippen MR) is 70.6 cm³/mol. The topological polar surface area (TPSA) is 24.1 Å². The number of hydrogen-bond acceptors (Lipinski definition) is 2. The van der Waals surface area contributed by atoms with Gasteiger partial charge in [-0.05, 0) is 38.1 Å². The van der Waals surface area contributed by atoms with Crippen molar-refractivity contribution in [1.82, 2.24) is 10.6 Å². The molecule has 0 saturated heterocycles. The van der Waals surface area contributed by atoms with E-state index < -0.39 is 11.6 Å². The van der Waals surface area contributed by atoms with Crippen LogP contribution in [0.1, 0.15) is 31.4 Å². The van der Waals surface area contributed by atoms with Crippen molar-refractivity contribution in [3.63, 3.8) is 0 Å². The van der Waals surface area contributed by atoms with E-state index >= 15 is 0 Å². The van der Waals surface area contributed by atoms with E-state index in [0.29, 0.717) is 23.7 Å². The lowest BCUT2D eigenvalue weighted by Crippen LogP contribution is -2.26. The Morgan fingerprint density at radius 3 is 2.50 bits per heavy atom. The molecule has 0 unspecified atom stereocenters. The maximum absolute atomic E-state index is 13.4. The number of hydrogen-bond donors (Lipinski definition) is 2. The van der Waals surface area contributed by atoms with Gasteiger partial charge in [0.1, 0.15) is 11.6 Å². The zero-order valence-electron chi connectivity index (χ0n) is 11.3. The Morgan fingerprint density at radius 1 is 1.11 bits per heavy atom. The molecule has 1 aromatic rings. The van der Waals surface area contributed by atoms with Crippen molar-refractivity contribution < 1.29 is 8.78 Å². The van der Waals surface area contributed by atoms with Crippen molar-refractivity contribution >= 4 is 0 Å². The van der Waals surface area contributed by atoms with Crippen LogP contribution in [-0.2, 0) is 6.54 Å². The Morgan fingerprint density at radius 2 is 1.83 bits per heavy atom. The monoisotopic (exact) mass is 256 g/mol. The molecular formula is C14H22F2N2. The first kappa shape index (κ1) is 15.1. The van der Waals surface area contributed by atoms with Gasteiger partial charge in [0.25, 0.3) is 0 Å². The van der Waals surface area contributed by atoms with Crippen molar-refractivity contribution in [2.24, 2.45) is 0 Å². The van der Waals surface area contributed by atoms with Gasteiger partial charge in [0.05, 0.1) is 0 Å². The van der Waals surface area contributed by atoms with Gasteiger partial charge in [-0.2, -0.15) is 0 Å². The van der Waals surface area contributed by atoms with Crippen LogP contribution in [0.4, 0.5) is 8.78 Å². The van der Waals surface area contributed by atoms with Gasteiger partial charge in [-0.1, -0.05) is 13.8 Å². The molecule has 0 amide bonds. The molecule has 0 radical (unpaired) electrons. The van der Waals surface area contributed by atoms with Gasteiger partial charge in [-0.3, -0.25) is 0 Å². The van der Waals surface area contributed by atoms with E-state index in [1.807, 2.05) is 0 Å². The fourth-order valence-corrected chi connectivity index (χ4v) is 1.68. The molecule has 0 bridgehead atoms. The molecule has 0 aromatic heterocycles. The standard InChI is InChI=1S/C14H22F2N2/c1-10(2)18-6-4-5-17-9-12-7-11(3)13(15)8-14(12)16/h7-8,10,17-18H,4-6,9H2,1-3H3. The Balaban J connectivity index is 2.29. The second-order valence-electron chi connectivity index (χ2n) is 4.83. The molecule has 1 aromatic carbocycles. The average Bonchev–Trinajstić information content (AvgIpc) is 2.29. The summed E-state index contributed by atoms with van der Waals surface area (Å²) in [5.74, 6) is -0.969. The highest BCUT2D eigenvalue weighted by atomic mass is 19.1. The van der Waals surface area contributed by atoms with E-state index in [4.69, 9.17) is 0 Å². The summed E-state index contributed by atoms with van der Waals surface area (Å²) >= 11 is 0. The first-order chi connectivity index (χ1) is 8.50. The maximum Gasteiger partial charge on any atom is 0.130 e. The maximum atomic E-state index is 13.4.